The Morgan fingerprint density at radius 2 is 1.77 bits per heavy atom. The molecule has 4 rings (SSSR count). The number of para-hydroxylation sites is 1. The van der Waals surface area contributed by atoms with Crippen molar-refractivity contribution in [3.05, 3.63) is 72.1 Å². The molecule has 6 nitrogen and oxygen atoms in total. The van der Waals surface area contributed by atoms with Crippen molar-refractivity contribution in [3.8, 4) is 11.5 Å². The van der Waals surface area contributed by atoms with Crippen LogP contribution in [0, 0.1) is 6.92 Å². The van der Waals surface area contributed by atoms with E-state index in [2.05, 4.69) is 4.98 Å². The van der Waals surface area contributed by atoms with Gasteiger partial charge < -0.3 is 4.42 Å². The van der Waals surface area contributed by atoms with Crippen LogP contribution in [0.1, 0.15) is 11.3 Å². The molecule has 3 amide bonds. The molecule has 1 aliphatic rings. The summed E-state index contributed by atoms with van der Waals surface area (Å²) < 4.78 is 5.51. The number of urea groups is 1. The number of imide groups is 1. The molecule has 0 bridgehead atoms. The largest absolute Gasteiger partial charge is 0.444 e. The lowest BCUT2D eigenvalue weighted by molar-refractivity contribution is -0.125. The minimum absolute atomic E-state index is 0.0333. The first-order chi connectivity index (χ1) is 12.6. The molecule has 2 aromatic carbocycles. The van der Waals surface area contributed by atoms with Gasteiger partial charge in [0, 0.05) is 11.3 Å². The van der Waals surface area contributed by atoms with Crippen LogP contribution in [0.4, 0.5) is 10.5 Å². The molecule has 0 N–H and O–H groups in total. The van der Waals surface area contributed by atoms with Crippen molar-refractivity contribution in [1.82, 2.24) is 9.88 Å². The normalized spacial score (nSPS) is 14.3. The minimum Gasteiger partial charge on any atom is -0.444 e. The van der Waals surface area contributed by atoms with Crippen LogP contribution in [0.2, 0.25) is 0 Å². The number of oxazole rings is 1. The highest BCUT2D eigenvalue weighted by atomic mass is 16.3. The number of aryl methyl sites for hydroxylation is 1. The molecule has 1 aromatic heterocycles. The van der Waals surface area contributed by atoms with Crippen molar-refractivity contribution in [1.29, 1.82) is 0 Å². The summed E-state index contributed by atoms with van der Waals surface area (Å²) >= 11 is 0. The van der Waals surface area contributed by atoms with Crippen LogP contribution in [0.15, 0.2) is 65.3 Å². The third-order valence-corrected chi connectivity index (χ3v) is 4.29. The van der Waals surface area contributed by atoms with E-state index in [-0.39, 0.29) is 25.0 Å². The predicted octanol–water partition coefficient (Wildman–Crippen LogP) is 3.62. The highest BCUT2D eigenvalue weighted by Crippen LogP contribution is 2.24. The van der Waals surface area contributed by atoms with E-state index >= 15 is 0 Å². The maximum atomic E-state index is 12.6. The van der Waals surface area contributed by atoms with Crippen LogP contribution >= 0.6 is 0 Å². The van der Waals surface area contributed by atoms with Gasteiger partial charge in [-0.05, 0) is 31.2 Å². The number of carbonyl (C=O) groups excluding carboxylic acids is 2. The molecule has 1 saturated heterocycles. The van der Waals surface area contributed by atoms with Crippen LogP contribution in [0.5, 0.6) is 0 Å². The summed E-state index contributed by atoms with van der Waals surface area (Å²) in [6, 6.07) is 16.6. The zero-order chi connectivity index (χ0) is 18.1. The molecule has 0 radical (unpaired) electrons. The Bertz CT molecular complexity index is 948. The lowest BCUT2D eigenvalue weighted by atomic mass is 10.1. The summed E-state index contributed by atoms with van der Waals surface area (Å²) in [5.41, 5.74) is 3.24. The molecule has 2 heterocycles. The third-order valence-electron chi connectivity index (χ3n) is 4.29. The summed E-state index contributed by atoms with van der Waals surface area (Å²) in [4.78, 5) is 32.0. The molecule has 3 aromatic rings. The fourth-order valence-corrected chi connectivity index (χ4v) is 2.88. The Morgan fingerprint density at radius 1 is 1.04 bits per heavy atom. The van der Waals surface area contributed by atoms with Gasteiger partial charge in [-0.2, -0.15) is 0 Å². The number of hydrogen-bond donors (Lipinski definition) is 0. The Kier molecular flexibility index (Phi) is 4.01. The monoisotopic (exact) mass is 347 g/mol. The zero-order valence-electron chi connectivity index (χ0n) is 14.3. The number of anilines is 1. The van der Waals surface area contributed by atoms with Gasteiger partial charge in [0.1, 0.15) is 12.8 Å². The zero-order valence-corrected chi connectivity index (χ0v) is 14.3. The fraction of sp³-hybridized carbons (Fsp3) is 0.150. The van der Waals surface area contributed by atoms with Gasteiger partial charge in [0.15, 0.2) is 0 Å². The number of aromatic nitrogens is 1. The molecule has 1 fully saturated rings. The van der Waals surface area contributed by atoms with E-state index in [0.29, 0.717) is 17.3 Å². The van der Waals surface area contributed by atoms with Gasteiger partial charge in [0.2, 0.25) is 5.89 Å². The molecule has 0 spiro atoms. The molecular weight excluding hydrogens is 330 g/mol. The molecule has 6 heteroatoms. The first kappa shape index (κ1) is 16.1. The van der Waals surface area contributed by atoms with E-state index in [0.717, 1.165) is 11.1 Å². The number of benzene rings is 2. The third kappa shape index (κ3) is 2.97. The highest BCUT2D eigenvalue weighted by Gasteiger charge is 2.37. The summed E-state index contributed by atoms with van der Waals surface area (Å²) in [6.07, 6.45) is 1.49. The second-order valence-electron chi connectivity index (χ2n) is 6.19. The second-order valence-corrected chi connectivity index (χ2v) is 6.19. The molecule has 130 valence electrons. The van der Waals surface area contributed by atoms with Crippen molar-refractivity contribution in [2.45, 2.75) is 13.5 Å². The standard InChI is InChI=1S/C20H17N3O3/c1-14-7-9-15(10-8-14)19-21-16(13-26-19)11-23-18(24)12-22(20(23)25)17-5-3-2-4-6-17/h2-10,13H,11-12H2,1H3. The van der Waals surface area contributed by atoms with Gasteiger partial charge in [0.25, 0.3) is 5.91 Å². The van der Waals surface area contributed by atoms with Gasteiger partial charge >= 0.3 is 6.03 Å². The predicted molar refractivity (Wildman–Crippen MR) is 96.4 cm³/mol. The van der Waals surface area contributed by atoms with E-state index < -0.39 is 0 Å². The van der Waals surface area contributed by atoms with Crippen LogP contribution < -0.4 is 4.90 Å². The first-order valence-corrected chi connectivity index (χ1v) is 8.30. The molecule has 0 aliphatic carbocycles. The molecule has 1 aliphatic heterocycles. The van der Waals surface area contributed by atoms with E-state index in [1.807, 2.05) is 49.4 Å². The average Bonchev–Trinajstić information content (AvgIpc) is 3.23. The van der Waals surface area contributed by atoms with Crippen molar-refractivity contribution < 1.29 is 14.0 Å². The molecular formula is C20H17N3O3. The maximum Gasteiger partial charge on any atom is 0.332 e. The number of nitrogens with zero attached hydrogens (tertiary/aromatic N) is 3. The summed E-state index contributed by atoms with van der Waals surface area (Å²) in [5.74, 6) is 0.220. The summed E-state index contributed by atoms with van der Waals surface area (Å²) in [7, 11) is 0. The van der Waals surface area contributed by atoms with Gasteiger partial charge in [-0.1, -0.05) is 35.9 Å². The van der Waals surface area contributed by atoms with Gasteiger partial charge in [0.05, 0.1) is 12.2 Å². The maximum absolute atomic E-state index is 12.6. The Labute approximate surface area is 150 Å². The van der Waals surface area contributed by atoms with Crippen LogP contribution in [0.25, 0.3) is 11.5 Å². The van der Waals surface area contributed by atoms with E-state index in [9.17, 15) is 9.59 Å². The molecule has 26 heavy (non-hydrogen) atoms. The molecule has 0 atom stereocenters. The van der Waals surface area contributed by atoms with Crippen molar-refractivity contribution in [3.63, 3.8) is 0 Å². The Morgan fingerprint density at radius 3 is 2.50 bits per heavy atom. The minimum atomic E-state index is -0.346. The van der Waals surface area contributed by atoms with E-state index in [4.69, 9.17) is 4.42 Å². The lowest BCUT2D eigenvalue weighted by Gasteiger charge is -2.16. The van der Waals surface area contributed by atoms with Crippen LogP contribution in [0.3, 0.4) is 0 Å². The van der Waals surface area contributed by atoms with Crippen LogP contribution in [-0.4, -0.2) is 28.4 Å². The number of amides is 3. The number of hydrogen-bond acceptors (Lipinski definition) is 4. The highest BCUT2D eigenvalue weighted by molar-refractivity contribution is 6.12. The molecule has 0 saturated carbocycles. The Balaban J connectivity index is 1.52. The smallest absolute Gasteiger partial charge is 0.332 e. The quantitative estimate of drug-likeness (QED) is 0.676. The first-order valence-electron chi connectivity index (χ1n) is 8.30. The van der Waals surface area contributed by atoms with Gasteiger partial charge in [-0.3, -0.25) is 14.6 Å². The molecule has 0 unspecified atom stereocenters. The summed E-state index contributed by atoms with van der Waals surface area (Å²) in [6.45, 7) is 2.13. The van der Waals surface area contributed by atoms with E-state index in [1.54, 1.807) is 12.1 Å². The SMILES string of the molecule is Cc1ccc(-c2nc(CN3C(=O)CN(c4ccccc4)C3=O)co2)cc1. The topological polar surface area (TPSA) is 66.7 Å². The second kappa shape index (κ2) is 6.48. The van der Waals surface area contributed by atoms with Crippen molar-refractivity contribution in [2.24, 2.45) is 0 Å². The number of rotatable bonds is 4. The average molecular weight is 347 g/mol. The Hall–Kier alpha value is -3.41. The summed E-state index contributed by atoms with van der Waals surface area (Å²) in [5, 5.41) is 0. The van der Waals surface area contributed by atoms with E-state index in [1.165, 1.54) is 16.1 Å². The lowest BCUT2D eigenvalue weighted by Crippen LogP contribution is -2.32. The van der Waals surface area contributed by atoms with Gasteiger partial charge in [-0.25, -0.2) is 9.78 Å². The fourth-order valence-electron chi connectivity index (χ4n) is 2.88. The number of carbonyl (C=O) groups is 2. The van der Waals surface area contributed by atoms with Crippen molar-refractivity contribution in [2.75, 3.05) is 11.4 Å². The van der Waals surface area contributed by atoms with Gasteiger partial charge in [-0.15, -0.1) is 0 Å². The van der Waals surface area contributed by atoms with Crippen LogP contribution in [-0.2, 0) is 11.3 Å². The van der Waals surface area contributed by atoms with Crippen molar-refractivity contribution >= 4 is 17.6 Å².